The van der Waals surface area contributed by atoms with E-state index < -0.39 is 11.6 Å². The standard InChI is InChI=1S/C16H15F2N3O/c17-13-4-1-5-14(18)15(13)20-7-9-21(10-8-20)16(22)12-3-2-6-19-11-12/h1-6,11H,7-10H2. The summed E-state index contributed by atoms with van der Waals surface area (Å²) in [7, 11) is 0. The van der Waals surface area contributed by atoms with Gasteiger partial charge in [-0.3, -0.25) is 9.78 Å². The van der Waals surface area contributed by atoms with Gasteiger partial charge in [0, 0.05) is 38.6 Å². The van der Waals surface area contributed by atoms with E-state index in [1.807, 2.05) is 0 Å². The maximum absolute atomic E-state index is 13.8. The minimum Gasteiger partial charge on any atom is -0.363 e. The van der Waals surface area contributed by atoms with E-state index >= 15 is 0 Å². The fourth-order valence-corrected chi connectivity index (χ4v) is 2.60. The number of benzene rings is 1. The van der Waals surface area contributed by atoms with E-state index in [9.17, 15) is 13.6 Å². The van der Waals surface area contributed by atoms with Crippen LogP contribution in [-0.4, -0.2) is 42.0 Å². The molecule has 0 saturated carbocycles. The Kier molecular flexibility index (Phi) is 4.00. The lowest BCUT2D eigenvalue weighted by Gasteiger charge is -2.36. The SMILES string of the molecule is O=C(c1cccnc1)N1CCN(c2c(F)cccc2F)CC1. The summed E-state index contributed by atoms with van der Waals surface area (Å²) >= 11 is 0. The third kappa shape index (κ3) is 2.77. The lowest BCUT2D eigenvalue weighted by Crippen LogP contribution is -2.49. The first-order valence-electron chi connectivity index (χ1n) is 7.05. The predicted molar refractivity (Wildman–Crippen MR) is 78.7 cm³/mol. The third-order valence-electron chi connectivity index (χ3n) is 3.73. The van der Waals surface area contributed by atoms with Gasteiger partial charge in [0.1, 0.15) is 17.3 Å². The molecule has 1 fully saturated rings. The maximum atomic E-state index is 13.8. The van der Waals surface area contributed by atoms with Crippen molar-refractivity contribution in [2.45, 2.75) is 0 Å². The molecule has 1 aliphatic rings. The van der Waals surface area contributed by atoms with Crippen LogP contribution in [0.1, 0.15) is 10.4 Å². The van der Waals surface area contributed by atoms with Crippen LogP contribution in [0.2, 0.25) is 0 Å². The second kappa shape index (κ2) is 6.09. The molecule has 3 rings (SSSR count). The summed E-state index contributed by atoms with van der Waals surface area (Å²) in [6, 6.07) is 7.24. The molecule has 22 heavy (non-hydrogen) atoms. The number of carbonyl (C=O) groups excluding carboxylic acids is 1. The summed E-state index contributed by atoms with van der Waals surface area (Å²) in [6.45, 7) is 1.62. The van der Waals surface area contributed by atoms with E-state index in [1.165, 1.54) is 24.4 Å². The van der Waals surface area contributed by atoms with Gasteiger partial charge in [0.05, 0.1) is 5.56 Å². The zero-order valence-corrected chi connectivity index (χ0v) is 11.9. The van der Waals surface area contributed by atoms with E-state index in [1.54, 1.807) is 28.1 Å². The Morgan fingerprint density at radius 1 is 1.00 bits per heavy atom. The Bertz CT molecular complexity index is 650. The van der Waals surface area contributed by atoms with Crippen molar-refractivity contribution in [3.8, 4) is 0 Å². The van der Waals surface area contributed by atoms with E-state index in [2.05, 4.69) is 4.98 Å². The van der Waals surface area contributed by atoms with Crippen LogP contribution >= 0.6 is 0 Å². The molecule has 0 spiro atoms. The van der Waals surface area contributed by atoms with Crippen molar-refractivity contribution in [3.05, 3.63) is 59.9 Å². The monoisotopic (exact) mass is 303 g/mol. The van der Waals surface area contributed by atoms with E-state index in [-0.39, 0.29) is 11.6 Å². The number of aromatic nitrogens is 1. The van der Waals surface area contributed by atoms with Gasteiger partial charge in [-0.2, -0.15) is 0 Å². The fourth-order valence-electron chi connectivity index (χ4n) is 2.60. The minimum atomic E-state index is -0.577. The number of rotatable bonds is 2. The molecule has 4 nitrogen and oxygen atoms in total. The summed E-state index contributed by atoms with van der Waals surface area (Å²) in [5, 5.41) is 0. The van der Waals surface area contributed by atoms with E-state index in [4.69, 9.17) is 0 Å². The van der Waals surface area contributed by atoms with Gasteiger partial charge in [-0.25, -0.2) is 8.78 Å². The van der Waals surface area contributed by atoms with E-state index in [0.717, 1.165) is 0 Å². The van der Waals surface area contributed by atoms with Gasteiger partial charge in [0.25, 0.3) is 5.91 Å². The summed E-state index contributed by atoms with van der Waals surface area (Å²) in [5.74, 6) is -1.26. The molecule has 2 aromatic rings. The zero-order chi connectivity index (χ0) is 15.5. The number of pyridine rings is 1. The van der Waals surface area contributed by atoms with Crippen molar-refractivity contribution in [2.24, 2.45) is 0 Å². The predicted octanol–water partition coefficient (Wildman–Crippen LogP) is 2.32. The number of carbonyl (C=O) groups is 1. The molecule has 6 heteroatoms. The van der Waals surface area contributed by atoms with Gasteiger partial charge < -0.3 is 9.80 Å². The number of halogens is 2. The van der Waals surface area contributed by atoms with Gasteiger partial charge in [0.15, 0.2) is 0 Å². The normalized spacial score (nSPS) is 15.0. The summed E-state index contributed by atoms with van der Waals surface area (Å²) < 4.78 is 27.6. The number of para-hydroxylation sites is 1. The molecule has 2 heterocycles. The van der Waals surface area contributed by atoms with Crippen molar-refractivity contribution in [1.29, 1.82) is 0 Å². The van der Waals surface area contributed by atoms with Gasteiger partial charge in [-0.1, -0.05) is 6.07 Å². The van der Waals surface area contributed by atoms with Crippen LogP contribution in [0, 0.1) is 11.6 Å². The minimum absolute atomic E-state index is 0.0176. The van der Waals surface area contributed by atoms with Crippen LogP contribution < -0.4 is 4.90 Å². The highest BCUT2D eigenvalue weighted by molar-refractivity contribution is 5.94. The number of hydrogen-bond donors (Lipinski definition) is 0. The summed E-state index contributed by atoms with van der Waals surface area (Å²) in [5.41, 5.74) is 0.504. The maximum Gasteiger partial charge on any atom is 0.255 e. The molecule has 0 N–H and O–H groups in total. The van der Waals surface area contributed by atoms with Crippen molar-refractivity contribution in [3.63, 3.8) is 0 Å². The Morgan fingerprint density at radius 3 is 2.27 bits per heavy atom. The number of anilines is 1. The van der Waals surface area contributed by atoms with Gasteiger partial charge >= 0.3 is 0 Å². The van der Waals surface area contributed by atoms with Crippen LogP contribution in [0.5, 0.6) is 0 Å². The van der Waals surface area contributed by atoms with Crippen LogP contribution in [0.4, 0.5) is 14.5 Å². The summed E-state index contributed by atoms with van der Waals surface area (Å²) in [6.07, 6.45) is 3.13. The molecule has 0 atom stereocenters. The average molecular weight is 303 g/mol. The first-order chi connectivity index (χ1) is 10.7. The zero-order valence-electron chi connectivity index (χ0n) is 11.9. The highest BCUT2D eigenvalue weighted by Gasteiger charge is 2.25. The molecule has 1 aromatic carbocycles. The van der Waals surface area contributed by atoms with Gasteiger partial charge in [0.2, 0.25) is 0 Å². The van der Waals surface area contributed by atoms with Gasteiger partial charge in [-0.15, -0.1) is 0 Å². The molecule has 0 bridgehead atoms. The number of piperazine rings is 1. The Morgan fingerprint density at radius 2 is 1.68 bits per heavy atom. The van der Waals surface area contributed by atoms with Crippen molar-refractivity contribution in [1.82, 2.24) is 9.88 Å². The molecule has 114 valence electrons. The first kappa shape index (κ1) is 14.4. The fraction of sp³-hybridized carbons (Fsp3) is 0.250. The van der Waals surface area contributed by atoms with Crippen LogP contribution in [0.25, 0.3) is 0 Å². The Labute approximate surface area is 127 Å². The second-order valence-electron chi connectivity index (χ2n) is 5.09. The topological polar surface area (TPSA) is 36.4 Å². The van der Waals surface area contributed by atoms with Crippen LogP contribution in [-0.2, 0) is 0 Å². The molecule has 0 aliphatic carbocycles. The Hall–Kier alpha value is -2.50. The quantitative estimate of drug-likeness (QED) is 0.854. The number of nitrogens with zero attached hydrogens (tertiary/aromatic N) is 3. The molecule has 1 aromatic heterocycles. The first-order valence-corrected chi connectivity index (χ1v) is 7.05. The van der Waals surface area contributed by atoms with Crippen molar-refractivity contribution in [2.75, 3.05) is 31.1 Å². The molecule has 0 radical (unpaired) electrons. The molecule has 1 amide bonds. The van der Waals surface area contributed by atoms with Crippen LogP contribution in [0.3, 0.4) is 0 Å². The van der Waals surface area contributed by atoms with Crippen LogP contribution in [0.15, 0.2) is 42.7 Å². The van der Waals surface area contributed by atoms with Gasteiger partial charge in [-0.05, 0) is 24.3 Å². The number of hydrogen-bond acceptors (Lipinski definition) is 3. The van der Waals surface area contributed by atoms with E-state index in [0.29, 0.717) is 31.7 Å². The van der Waals surface area contributed by atoms with Crippen molar-refractivity contribution < 1.29 is 13.6 Å². The molecule has 0 unspecified atom stereocenters. The largest absolute Gasteiger partial charge is 0.363 e. The lowest BCUT2D eigenvalue weighted by molar-refractivity contribution is 0.0746. The average Bonchev–Trinajstić information content (AvgIpc) is 2.55. The highest BCUT2D eigenvalue weighted by Crippen LogP contribution is 2.24. The molecular weight excluding hydrogens is 288 g/mol. The molecule has 1 saturated heterocycles. The molecular formula is C16H15F2N3O. The smallest absolute Gasteiger partial charge is 0.255 e. The molecule has 1 aliphatic heterocycles. The highest BCUT2D eigenvalue weighted by atomic mass is 19.1. The third-order valence-corrected chi connectivity index (χ3v) is 3.73. The van der Waals surface area contributed by atoms with Crippen molar-refractivity contribution >= 4 is 11.6 Å². The number of amides is 1. The second-order valence-corrected chi connectivity index (χ2v) is 5.09. The Balaban J connectivity index is 1.69. The lowest BCUT2D eigenvalue weighted by atomic mass is 10.2. The summed E-state index contributed by atoms with van der Waals surface area (Å²) in [4.78, 5) is 19.5.